The highest BCUT2D eigenvalue weighted by Crippen LogP contribution is 2.30. The summed E-state index contributed by atoms with van der Waals surface area (Å²) in [4.78, 5) is 16.9. The van der Waals surface area contributed by atoms with Gasteiger partial charge in [-0.2, -0.15) is 10.1 Å². The van der Waals surface area contributed by atoms with E-state index in [1.165, 1.54) is 5.56 Å². The number of carbonyl (C=O) groups excluding carboxylic acids is 1. The van der Waals surface area contributed by atoms with Gasteiger partial charge in [0.25, 0.3) is 5.91 Å². The monoisotopic (exact) mass is 414 g/mol. The second-order valence-electron chi connectivity index (χ2n) is 7.80. The van der Waals surface area contributed by atoms with Gasteiger partial charge >= 0.3 is 0 Å². The molecule has 158 valence electrons. The molecular weight excluding hydrogens is 388 g/mol. The molecule has 2 aromatic heterocycles. The lowest BCUT2D eigenvalue weighted by molar-refractivity contribution is -0.123. The van der Waals surface area contributed by atoms with E-state index in [1.54, 1.807) is 10.7 Å². The maximum atomic E-state index is 12.3. The van der Waals surface area contributed by atoms with Crippen molar-refractivity contribution in [3.05, 3.63) is 77.4 Å². The van der Waals surface area contributed by atoms with Gasteiger partial charge in [0, 0.05) is 24.1 Å². The van der Waals surface area contributed by atoms with Crippen LogP contribution in [0.4, 0.5) is 0 Å². The van der Waals surface area contributed by atoms with Crippen molar-refractivity contribution >= 4 is 16.9 Å². The third kappa shape index (κ3) is 4.43. The minimum absolute atomic E-state index is 0.0964. The lowest BCUT2D eigenvalue weighted by Gasteiger charge is -2.15. The smallest absolute Gasteiger partial charge is 0.258 e. The van der Waals surface area contributed by atoms with Gasteiger partial charge < -0.3 is 10.1 Å². The Morgan fingerprint density at radius 3 is 2.55 bits per heavy atom. The van der Waals surface area contributed by atoms with E-state index < -0.39 is 0 Å². The SMILES string of the molecule is Cc1ccc(C(C)NC(=O)COc2ccc3c(-c4ccccc4C)nn(C)c3n2)cc1. The number of nitrogens with one attached hydrogen (secondary N) is 1. The van der Waals surface area contributed by atoms with E-state index in [4.69, 9.17) is 4.74 Å². The highest BCUT2D eigenvalue weighted by atomic mass is 16.5. The summed E-state index contributed by atoms with van der Waals surface area (Å²) in [5.74, 6) is 0.200. The third-order valence-corrected chi connectivity index (χ3v) is 5.37. The van der Waals surface area contributed by atoms with Crippen LogP contribution in [0.1, 0.15) is 29.7 Å². The third-order valence-electron chi connectivity index (χ3n) is 5.37. The molecule has 0 saturated heterocycles. The maximum Gasteiger partial charge on any atom is 0.258 e. The van der Waals surface area contributed by atoms with Crippen LogP contribution in [0.15, 0.2) is 60.7 Å². The predicted octanol–water partition coefficient (Wildman–Crippen LogP) is 4.51. The van der Waals surface area contributed by atoms with Gasteiger partial charge in [-0.1, -0.05) is 54.1 Å². The van der Waals surface area contributed by atoms with Gasteiger partial charge in [0.2, 0.25) is 5.88 Å². The summed E-state index contributed by atoms with van der Waals surface area (Å²) in [5, 5.41) is 8.56. The van der Waals surface area contributed by atoms with Crippen LogP contribution < -0.4 is 10.1 Å². The summed E-state index contributed by atoms with van der Waals surface area (Å²) < 4.78 is 7.40. The lowest BCUT2D eigenvalue weighted by atomic mass is 10.0. The second-order valence-corrected chi connectivity index (χ2v) is 7.80. The van der Waals surface area contributed by atoms with E-state index in [-0.39, 0.29) is 18.6 Å². The van der Waals surface area contributed by atoms with Crippen molar-refractivity contribution in [2.45, 2.75) is 26.8 Å². The molecule has 2 heterocycles. The molecule has 0 aliphatic carbocycles. The molecule has 1 atom stereocenters. The number of ether oxygens (including phenoxy) is 1. The van der Waals surface area contributed by atoms with E-state index in [1.807, 2.05) is 63.4 Å². The molecule has 0 fully saturated rings. The number of aromatic nitrogens is 3. The Bertz CT molecular complexity index is 1230. The average molecular weight is 415 g/mol. The van der Waals surface area contributed by atoms with Crippen molar-refractivity contribution in [1.82, 2.24) is 20.1 Å². The molecule has 0 radical (unpaired) electrons. The van der Waals surface area contributed by atoms with Crippen LogP contribution in [0.3, 0.4) is 0 Å². The molecule has 1 N–H and O–H groups in total. The van der Waals surface area contributed by atoms with Gasteiger partial charge in [-0.05, 0) is 38.0 Å². The summed E-state index contributed by atoms with van der Waals surface area (Å²) in [6, 6.07) is 19.9. The van der Waals surface area contributed by atoms with Gasteiger partial charge in [-0.15, -0.1) is 0 Å². The van der Waals surface area contributed by atoms with E-state index in [0.717, 1.165) is 27.8 Å². The number of hydrogen-bond donors (Lipinski definition) is 1. The van der Waals surface area contributed by atoms with Gasteiger partial charge in [-0.25, -0.2) is 4.68 Å². The number of fused-ring (bicyclic) bond motifs is 1. The summed E-state index contributed by atoms with van der Waals surface area (Å²) >= 11 is 0. The van der Waals surface area contributed by atoms with E-state index in [0.29, 0.717) is 11.5 Å². The first-order valence-electron chi connectivity index (χ1n) is 10.3. The molecular formula is C25H26N4O2. The first kappa shape index (κ1) is 20.6. The van der Waals surface area contributed by atoms with Crippen molar-refractivity contribution in [1.29, 1.82) is 0 Å². The van der Waals surface area contributed by atoms with E-state index >= 15 is 0 Å². The van der Waals surface area contributed by atoms with Crippen molar-refractivity contribution in [2.24, 2.45) is 7.05 Å². The molecule has 0 bridgehead atoms. The number of nitrogens with zero attached hydrogens (tertiary/aromatic N) is 3. The Balaban J connectivity index is 1.46. The van der Waals surface area contributed by atoms with Crippen LogP contribution in [0, 0.1) is 13.8 Å². The average Bonchev–Trinajstić information content (AvgIpc) is 3.09. The standard InChI is InChI=1S/C25H26N4O2/c1-16-9-11-19(12-10-16)18(3)26-22(30)15-31-23-14-13-21-24(28-29(4)25(21)27-23)20-8-6-5-7-17(20)2/h5-14,18H,15H2,1-4H3,(H,26,30). The molecule has 6 heteroatoms. The summed E-state index contributed by atoms with van der Waals surface area (Å²) in [6.45, 7) is 5.96. The summed E-state index contributed by atoms with van der Waals surface area (Å²) in [6.07, 6.45) is 0. The van der Waals surface area contributed by atoms with Crippen LogP contribution >= 0.6 is 0 Å². The first-order valence-corrected chi connectivity index (χ1v) is 10.3. The van der Waals surface area contributed by atoms with Crippen molar-refractivity contribution in [3.8, 4) is 17.1 Å². The molecule has 0 aliphatic rings. The minimum atomic E-state index is -0.194. The molecule has 0 spiro atoms. The largest absolute Gasteiger partial charge is 0.468 e. The van der Waals surface area contributed by atoms with E-state index in [2.05, 4.69) is 34.5 Å². The predicted molar refractivity (Wildman–Crippen MR) is 122 cm³/mol. The fourth-order valence-corrected chi connectivity index (χ4v) is 3.59. The summed E-state index contributed by atoms with van der Waals surface area (Å²) in [5.41, 5.74) is 6.07. The second kappa shape index (κ2) is 8.60. The highest BCUT2D eigenvalue weighted by molar-refractivity contribution is 5.92. The normalized spacial score (nSPS) is 12.0. The molecule has 4 aromatic rings. The Hall–Kier alpha value is -3.67. The molecule has 31 heavy (non-hydrogen) atoms. The van der Waals surface area contributed by atoms with Crippen LogP contribution in [0.5, 0.6) is 5.88 Å². The maximum absolute atomic E-state index is 12.3. The lowest BCUT2D eigenvalue weighted by Crippen LogP contribution is -2.31. The molecule has 1 amide bonds. The number of aryl methyl sites for hydroxylation is 3. The number of amides is 1. The Kier molecular flexibility index (Phi) is 5.71. The minimum Gasteiger partial charge on any atom is -0.468 e. The van der Waals surface area contributed by atoms with Crippen molar-refractivity contribution < 1.29 is 9.53 Å². The molecule has 2 aromatic carbocycles. The number of carbonyl (C=O) groups is 1. The number of benzene rings is 2. The first-order chi connectivity index (χ1) is 14.9. The van der Waals surface area contributed by atoms with Crippen LogP contribution in [-0.4, -0.2) is 27.3 Å². The number of pyridine rings is 1. The Labute approximate surface area is 181 Å². The zero-order valence-electron chi connectivity index (χ0n) is 18.2. The summed E-state index contributed by atoms with van der Waals surface area (Å²) in [7, 11) is 1.86. The van der Waals surface area contributed by atoms with Gasteiger partial charge in [0.05, 0.1) is 6.04 Å². The number of hydrogen-bond acceptors (Lipinski definition) is 4. The fourth-order valence-electron chi connectivity index (χ4n) is 3.59. The molecule has 0 aliphatic heterocycles. The quantitative estimate of drug-likeness (QED) is 0.504. The molecule has 1 unspecified atom stereocenters. The number of rotatable bonds is 6. The molecule has 4 rings (SSSR count). The highest BCUT2D eigenvalue weighted by Gasteiger charge is 2.15. The fraction of sp³-hybridized carbons (Fsp3) is 0.240. The van der Waals surface area contributed by atoms with Gasteiger partial charge in [0.15, 0.2) is 12.3 Å². The topological polar surface area (TPSA) is 69.0 Å². The van der Waals surface area contributed by atoms with Gasteiger partial charge in [0.1, 0.15) is 5.69 Å². The Morgan fingerprint density at radius 1 is 1.06 bits per heavy atom. The zero-order chi connectivity index (χ0) is 22.0. The van der Waals surface area contributed by atoms with Crippen molar-refractivity contribution in [3.63, 3.8) is 0 Å². The zero-order valence-corrected chi connectivity index (χ0v) is 18.2. The van der Waals surface area contributed by atoms with Crippen molar-refractivity contribution in [2.75, 3.05) is 6.61 Å². The Morgan fingerprint density at radius 2 is 1.81 bits per heavy atom. The van der Waals surface area contributed by atoms with E-state index in [9.17, 15) is 4.79 Å². The van der Waals surface area contributed by atoms with Crippen LogP contribution in [0.25, 0.3) is 22.3 Å². The molecule has 6 nitrogen and oxygen atoms in total. The van der Waals surface area contributed by atoms with Gasteiger partial charge in [-0.3, -0.25) is 4.79 Å². The van der Waals surface area contributed by atoms with Crippen LogP contribution in [-0.2, 0) is 11.8 Å². The van der Waals surface area contributed by atoms with Crippen LogP contribution in [0.2, 0.25) is 0 Å². The molecule has 0 saturated carbocycles.